The second-order valence-corrected chi connectivity index (χ2v) is 6.21. The fourth-order valence-corrected chi connectivity index (χ4v) is 2.27. The molecule has 1 aromatic rings. The molecule has 0 radical (unpaired) electrons. The molecule has 0 saturated carbocycles. The van der Waals surface area contributed by atoms with E-state index in [0.717, 1.165) is 5.56 Å². The molecule has 0 aromatic heterocycles. The van der Waals surface area contributed by atoms with E-state index in [4.69, 9.17) is 0 Å². The average Bonchev–Trinajstić information content (AvgIpc) is 2.52. The number of hydrogen-bond donors (Lipinski definition) is 1. The Balaban J connectivity index is 2.41. The van der Waals surface area contributed by atoms with Crippen molar-refractivity contribution in [3.8, 4) is 0 Å². The number of imide groups is 1. The molecule has 0 N–H and O–H groups in total. The zero-order chi connectivity index (χ0) is 13.5. The zero-order valence-corrected chi connectivity index (χ0v) is 11.7. The lowest BCUT2D eigenvalue weighted by Crippen LogP contribution is -2.31. The fourth-order valence-electron chi connectivity index (χ4n) is 2.00. The van der Waals surface area contributed by atoms with Crippen LogP contribution < -0.4 is 4.90 Å². The first kappa shape index (κ1) is 13.1. The van der Waals surface area contributed by atoms with Crippen molar-refractivity contribution in [2.45, 2.75) is 37.9 Å². The Morgan fingerprint density at radius 2 is 1.94 bits per heavy atom. The predicted molar refractivity (Wildman–Crippen MR) is 75.0 cm³/mol. The van der Waals surface area contributed by atoms with Crippen molar-refractivity contribution in [2.75, 3.05) is 4.90 Å². The molecular weight excluding hydrogens is 246 g/mol. The number of anilines is 1. The summed E-state index contributed by atoms with van der Waals surface area (Å²) in [4.78, 5) is 25.0. The van der Waals surface area contributed by atoms with Gasteiger partial charge in [0.1, 0.15) is 0 Å². The number of carbonyl (C=O) groups excluding carboxylic acids is 2. The summed E-state index contributed by atoms with van der Waals surface area (Å²) < 4.78 is 0. The SMILES string of the molecule is CC(C)(C)c1cccc(N2C(=O)CC(S)C2=O)c1. The average molecular weight is 263 g/mol. The van der Waals surface area contributed by atoms with Crippen LogP contribution in [-0.2, 0) is 15.0 Å². The number of thiol groups is 1. The Hall–Kier alpha value is -1.29. The first-order valence-electron chi connectivity index (χ1n) is 5.96. The molecule has 1 fully saturated rings. The van der Waals surface area contributed by atoms with Crippen LogP contribution in [0.5, 0.6) is 0 Å². The van der Waals surface area contributed by atoms with Gasteiger partial charge in [-0.15, -0.1) is 0 Å². The minimum absolute atomic E-state index is 0.0117. The summed E-state index contributed by atoms with van der Waals surface area (Å²) in [6, 6.07) is 7.58. The first-order chi connectivity index (χ1) is 8.30. The smallest absolute Gasteiger partial charge is 0.247 e. The summed E-state index contributed by atoms with van der Waals surface area (Å²) >= 11 is 4.13. The third-order valence-corrected chi connectivity index (χ3v) is 3.50. The zero-order valence-electron chi connectivity index (χ0n) is 10.8. The van der Waals surface area contributed by atoms with E-state index < -0.39 is 5.25 Å². The van der Waals surface area contributed by atoms with Crippen LogP contribution in [-0.4, -0.2) is 17.1 Å². The van der Waals surface area contributed by atoms with Gasteiger partial charge in [0, 0.05) is 6.42 Å². The monoisotopic (exact) mass is 263 g/mol. The van der Waals surface area contributed by atoms with Crippen LogP contribution in [0.2, 0.25) is 0 Å². The predicted octanol–water partition coefficient (Wildman–Crippen LogP) is 2.55. The second kappa shape index (κ2) is 4.43. The van der Waals surface area contributed by atoms with Crippen molar-refractivity contribution in [1.82, 2.24) is 0 Å². The Morgan fingerprint density at radius 3 is 2.44 bits per heavy atom. The van der Waals surface area contributed by atoms with Gasteiger partial charge in [-0.2, -0.15) is 12.6 Å². The molecule has 3 nitrogen and oxygen atoms in total. The first-order valence-corrected chi connectivity index (χ1v) is 6.48. The van der Waals surface area contributed by atoms with Crippen LogP contribution in [0.15, 0.2) is 24.3 Å². The number of carbonyl (C=O) groups is 2. The molecule has 2 amide bonds. The Labute approximate surface area is 113 Å². The van der Waals surface area contributed by atoms with Crippen molar-refractivity contribution in [1.29, 1.82) is 0 Å². The molecule has 1 aliphatic heterocycles. The molecule has 1 heterocycles. The van der Waals surface area contributed by atoms with Crippen LogP contribution in [0, 0.1) is 0 Å². The molecule has 0 aliphatic carbocycles. The van der Waals surface area contributed by atoms with E-state index in [1.165, 1.54) is 4.90 Å². The topological polar surface area (TPSA) is 37.4 Å². The second-order valence-electron chi connectivity index (χ2n) is 5.59. The molecular formula is C14H17NO2S. The fraction of sp³-hybridized carbons (Fsp3) is 0.429. The van der Waals surface area contributed by atoms with Crippen molar-refractivity contribution >= 4 is 30.1 Å². The van der Waals surface area contributed by atoms with Gasteiger partial charge in [0.2, 0.25) is 11.8 Å². The van der Waals surface area contributed by atoms with E-state index in [2.05, 4.69) is 33.4 Å². The molecule has 96 valence electrons. The van der Waals surface area contributed by atoms with Crippen LogP contribution in [0.4, 0.5) is 5.69 Å². The largest absolute Gasteiger partial charge is 0.274 e. The number of rotatable bonds is 1. The van der Waals surface area contributed by atoms with Gasteiger partial charge in [-0.3, -0.25) is 9.59 Å². The van der Waals surface area contributed by atoms with E-state index in [0.29, 0.717) is 5.69 Å². The number of amides is 2. The Bertz CT molecular complexity index is 505. The van der Waals surface area contributed by atoms with E-state index in [-0.39, 0.29) is 23.7 Å². The van der Waals surface area contributed by atoms with Gasteiger partial charge in [-0.05, 0) is 23.1 Å². The van der Waals surface area contributed by atoms with Gasteiger partial charge < -0.3 is 0 Å². The molecule has 1 aromatic carbocycles. The lowest BCUT2D eigenvalue weighted by Gasteiger charge is -2.22. The van der Waals surface area contributed by atoms with Gasteiger partial charge in [-0.25, -0.2) is 4.90 Å². The van der Waals surface area contributed by atoms with Gasteiger partial charge >= 0.3 is 0 Å². The summed E-state index contributed by atoms with van der Waals surface area (Å²) in [6.07, 6.45) is 0.182. The third-order valence-electron chi connectivity index (χ3n) is 3.09. The molecule has 0 spiro atoms. The molecule has 18 heavy (non-hydrogen) atoms. The summed E-state index contributed by atoms with van der Waals surface area (Å²) in [5, 5.41) is -0.504. The summed E-state index contributed by atoms with van der Waals surface area (Å²) in [5.74, 6) is -0.402. The summed E-state index contributed by atoms with van der Waals surface area (Å²) in [6.45, 7) is 6.30. The van der Waals surface area contributed by atoms with Crippen molar-refractivity contribution in [3.63, 3.8) is 0 Å². The molecule has 1 atom stereocenters. The maximum Gasteiger partial charge on any atom is 0.247 e. The summed E-state index contributed by atoms with van der Waals surface area (Å²) in [7, 11) is 0. The minimum atomic E-state index is -0.504. The summed E-state index contributed by atoms with van der Waals surface area (Å²) in [5.41, 5.74) is 1.74. The highest BCUT2D eigenvalue weighted by Crippen LogP contribution is 2.30. The van der Waals surface area contributed by atoms with Crippen LogP contribution >= 0.6 is 12.6 Å². The number of nitrogens with zero attached hydrogens (tertiary/aromatic N) is 1. The van der Waals surface area contributed by atoms with Crippen molar-refractivity contribution in [2.24, 2.45) is 0 Å². The van der Waals surface area contributed by atoms with Gasteiger partial charge in [-0.1, -0.05) is 32.9 Å². The van der Waals surface area contributed by atoms with Crippen LogP contribution in [0.3, 0.4) is 0 Å². The Morgan fingerprint density at radius 1 is 1.28 bits per heavy atom. The molecule has 0 bridgehead atoms. The number of hydrogen-bond acceptors (Lipinski definition) is 3. The van der Waals surface area contributed by atoms with Crippen molar-refractivity contribution in [3.05, 3.63) is 29.8 Å². The molecule has 4 heteroatoms. The lowest BCUT2D eigenvalue weighted by atomic mass is 9.87. The van der Waals surface area contributed by atoms with E-state index in [9.17, 15) is 9.59 Å². The normalized spacial score (nSPS) is 20.7. The van der Waals surface area contributed by atoms with Crippen molar-refractivity contribution < 1.29 is 9.59 Å². The van der Waals surface area contributed by atoms with Gasteiger partial charge in [0.15, 0.2) is 0 Å². The molecule has 1 unspecified atom stereocenters. The minimum Gasteiger partial charge on any atom is -0.274 e. The van der Waals surface area contributed by atoms with Gasteiger partial charge in [0.25, 0.3) is 0 Å². The number of benzene rings is 1. The highest BCUT2D eigenvalue weighted by Gasteiger charge is 2.37. The maximum absolute atomic E-state index is 11.9. The van der Waals surface area contributed by atoms with Crippen LogP contribution in [0.1, 0.15) is 32.8 Å². The highest BCUT2D eigenvalue weighted by atomic mass is 32.1. The highest BCUT2D eigenvalue weighted by molar-refractivity contribution is 7.82. The molecule has 1 aliphatic rings. The Kier molecular flexibility index (Phi) is 3.23. The standard InChI is InChI=1S/C14H17NO2S/c1-14(2,3)9-5-4-6-10(7-9)15-12(16)8-11(18)13(15)17/h4-7,11,18H,8H2,1-3H3. The third kappa shape index (κ3) is 2.29. The quantitative estimate of drug-likeness (QED) is 0.624. The van der Waals surface area contributed by atoms with Crippen LogP contribution in [0.25, 0.3) is 0 Å². The lowest BCUT2D eigenvalue weighted by molar-refractivity contribution is -0.121. The molecule has 1 saturated heterocycles. The van der Waals surface area contributed by atoms with Gasteiger partial charge in [0.05, 0.1) is 10.9 Å². The molecule has 2 rings (SSSR count). The maximum atomic E-state index is 11.9. The van der Waals surface area contributed by atoms with E-state index in [1.807, 2.05) is 18.2 Å². The van der Waals surface area contributed by atoms with E-state index >= 15 is 0 Å². The van der Waals surface area contributed by atoms with E-state index in [1.54, 1.807) is 6.07 Å².